The Labute approximate surface area is 191 Å². The first-order valence-electron chi connectivity index (χ1n) is 10.9. The molecule has 0 bridgehead atoms. The van der Waals surface area contributed by atoms with Gasteiger partial charge in [-0.2, -0.15) is 13.2 Å². The zero-order valence-electron chi connectivity index (χ0n) is 18.6. The smallest absolute Gasteiger partial charge is 0.378 e. The Morgan fingerprint density at radius 2 is 1.73 bits per heavy atom. The van der Waals surface area contributed by atoms with E-state index in [1.807, 2.05) is 42.2 Å². The van der Waals surface area contributed by atoms with E-state index in [9.17, 15) is 18.0 Å². The molecule has 1 aromatic heterocycles. The number of rotatable bonds is 10. The molecule has 0 N–H and O–H groups in total. The van der Waals surface area contributed by atoms with Crippen LogP contribution in [0, 0.1) is 0 Å². The van der Waals surface area contributed by atoms with Crippen LogP contribution in [0.1, 0.15) is 24.5 Å². The molecule has 1 saturated heterocycles. The largest absolute Gasteiger partial charge is 0.393 e. The van der Waals surface area contributed by atoms with Crippen LogP contribution in [0.2, 0.25) is 0 Å². The number of nitrogens with zero attached hydrogens (tertiary/aromatic N) is 4. The van der Waals surface area contributed by atoms with Crippen molar-refractivity contribution < 1.29 is 27.4 Å². The average molecular weight is 467 g/mol. The molecule has 7 nitrogen and oxygen atoms in total. The molecule has 0 spiro atoms. The normalized spacial score (nSPS) is 15.5. The molecule has 1 atom stereocenters. The number of hydrogen-bond acceptors (Lipinski definition) is 6. The van der Waals surface area contributed by atoms with Crippen LogP contribution in [0.15, 0.2) is 42.7 Å². The first kappa shape index (κ1) is 24.9. The van der Waals surface area contributed by atoms with Gasteiger partial charge in [-0.1, -0.05) is 30.3 Å². The van der Waals surface area contributed by atoms with E-state index >= 15 is 0 Å². The van der Waals surface area contributed by atoms with Crippen LogP contribution in [0.4, 0.5) is 19.1 Å². The molecule has 1 aromatic carbocycles. The summed E-state index contributed by atoms with van der Waals surface area (Å²) in [6.07, 6.45) is -2.71. The monoisotopic (exact) mass is 466 g/mol. The Morgan fingerprint density at radius 1 is 1.06 bits per heavy atom. The number of hydrogen-bond donors (Lipinski definition) is 0. The third-order valence-electron chi connectivity index (χ3n) is 5.20. The summed E-state index contributed by atoms with van der Waals surface area (Å²) in [5.74, 6) is 0.384. The zero-order chi connectivity index (χ0) is 23.7. The number of halogens is 3. The molecule has 1 aliphatic heterocycles. The summed E-state index contributed by atoms with van der Waals surface area (Å²) in [5.41, 5.74) is 1.13. The van der Waals surface area contributed by atoms with Gasteiger partial charge in [-0.3, -0.25) is 4.79 Å². The Bertz CT molecular complexity index is 858. The van der Waals surface area contributed by atoms with Crippen LogP contribution in [0.3, 0.4) is 0 Å². The van der Waals surface area contributed by atoms with Crippen molar-refractivity contribution in [3.63, 3.8) is 0 Å². The van der Waals surface area contributed by atoms with Crippen molar-refractivity contribution in [3.05, 3.63) is 53.9 Å². The van der Waals surface area contributed by atoms with Gasteiger partial charge in [0.1, 0.15) is 0 Å². The van der Waals surface area contributed by atoms with Crippen LogP contribution in [-0.4, -0.2) is 72.4 Å². The fourth-order valence-electron chi connectivity index (χ4n) is 3.42. The molecule has 1 amide bonds. The van der Waals surface area contributed by atoms with E-state index in [0.717, 1.165) is 5.56 Å². The molecular weight excluding hydrogens is 437 g/mol. The van der Waals surface area contributed by atoms with Crippen molar-refractivity contribution in [2.45, 2.75) is 38.7 Å². The number of alkyl halides is 3. The van der Waals surface area contributed by atoms with E-state index < -0.39 is 12.6 Å². The number of ether oxygens (including phenoxy) is 2. The summed E-state index contributed by atoms with van der Waals surface area (Å²) in [5, 5.41) is 0. The second-order valence-corrected chi connectivity index (χ2v) is 7.98. The van der Waals surface area contributed by atoms with Gasteiger partial charge in [-0.25, -0.2) is 9.97 Å². The summed E-state index contributed by atoms with van der Waals surface area (Å²) < 4.78 is 48.7. The number of benzene rings is 1. The van der Waals surface area contributed by atoms with Crippen molar-refractivity contribution in [3.8, 4) is 0 Å². The van der Waals surface area contributed by atoms with Gasteiger partial charge >= 0.3 is 6.18 Å². The Hall–Kier alpha value is -2.72. The lowest BCUT2D eigenvalue weighted by Crippen LogP contribution is -2.49. The van der Waals surface area contributed by atoms with Gasteiger partial charge < -0.3 is 19.3 Å². The lowest BCUT2D eigenvalue weighted by molar-refractivity contribution is -0.133. The number of aromatic nitrogens is 2. The lowest BCUT2D eigenvalue weighted by atomic mass is 10.2. The predicted molar refractivity (Wildman–Crippen MR) is 117 cm³/mol. The van der Waals surface area contributed by atoms with E-state index in [0.29, 0.717) is 51.9 Å². The maximum Gasteiger partial charge on any atom is 0.393 e. The van der Waals surface area contributed by atoms with Gasteiger partial charge in [0, 0.05) is 38.6 Å². The number of anilines is 1. The highest BCUT2D eigenvalue weighted by Crippen LogP contribution is 2.21. The van der Waals surface area contributed by atoms with E-state index in [2.05, 4.69) is 9.97 Å². The highest BCUT2D eigenvalue weighted by Gasteiger charge is 2.28. The molecule has 2 heterocycles. The van der Waals surface area contributed by atoms with Crippen LogP contribution in [0.5, 0.6) is 0 Å². The van der Waals surface area contributed by atoms with Crippen molar-refractivity contribution in [2.75, 3.05) is 44.3 Å². The highest BCUT2D eigenvalue weighted by molar-refractivity contribution is 5.76. The van der Waals surface area contributed by atoms with Gasteiger partial charge in [0.15, 0.2) is 0 Å². The average Bonchev–Trinajstić information content (AvgIpc) is 2.80. The van der Waals surface area contributed by atoms with E-state index in [-0.39, 0.29) is 24.0 Å². The third kappa shape index (κ3) is 8.62. The molecule has 0 saturated carbocycles. The molecule has 10 heteroatoms. The van der Waals surface area contributed by atoms with Crippen molar-refractivity contribution in [2.24, 2.45) is 0 Å². The quantitative estimate of drug-likeness (QED) is 0.501. The highest BCUT2D eigenvalue weighted by atomic mass is 19.4. The SMILES string of the molecule is C[C@@H](COCCC(=O)N1CCN(c2ncc(CC(F)(F)F)cn2)CC1)OCc1ccccc1. The van der Waals surface area contributed by atoms with Gasteiger partial charge in [0.25, 0.3) is 0 Å². The first-order valence-corrected chi connectivity index (χ1v) is 10.9. The molecule has 33 heavy (non-hydrogen) atoms. The second-order valence-electron chi connectivity index (χ2n) is 7.98. The van der Waals surface area contributed by atoms with Crippen molar-refractivity contribution in [1.82, 2.24) is 14.9 Å². The summed E-state index contributed by atoms with van der Waals surface area (Å²) in [4.78, 5) is 24.1. The predicted octanol–water partition coefficient (Wildman–Crippen LogP) is 3.24. The van der Waals surface area contributed by atoms with Crippen LogP contribution in [-0.2, 0) is 27.3 Å². The third-order valence-corrected chi connectivity index (χ3v) is 5.20. The molecule has 0 radical (unpaired) electrons. The molecule has 0 unspecified atom stereocenters. The van der Waals surface area contributed by atoms with Crippen LogP contribution < -0.4 is 4.90 Å². The molecule has 3 rings (SSSR count). The minimum atomic E-state index is -4.28. The molecule has 180 valence electrons. The minimum absolute atomic E-state index is 0.00829. The van der Waals surface area contributed by atoms with Crippen molar-refractivity contribution >= 4 is 11.9 Å². The van der Waals surface area contributed by atoms with Gasteiger partial charge in [-0.05, 0) is 18.1 Å². The topological polar surface area (TPSA) is 67.8 Å². The first-order chi connectivity index (χ1) is 15.8. The van der Waals surface area contributed by atoms with E-state index in [1.54, 1.807) is 4.90 Å². The molecular formula is C23H29F3N4O3. The fourth-order valence-corrected chi connectivity index (χ4v) is 3.42. The van der Waals surface area contributed by atoms with Crippen molar-refractivity contribution in [1.29, 1.82) is 0 Å². The lowest BCUT2D eigenvalue weighted by Gasteiger charge is -2.34. The number of amides is 1. The summed E-state index contributed by atoms with van der Waals surface area (Å²) in [7, 11) is 0. The number of piperazine rings is 1. The zero-order valence-corrected chi connectivity index (χ0v) is 18.6. The van der Waals surface area contributed by atoms with E-state index in [4.69, 9.17) is 9.47 Å². The molecule has 1 fully saturated rings. The number of carbonyl (C=O) groups is 1. The second kappa shape index (κ2) is 11.9. The standard InChI is InChI=1S/C23H29F3N4O3/c1-18(33-17-19-5-3-2-4-6-19)16-32-12-7-21(31)29-8-10-30(11-9-29)22-27-14-20(15-28-22)13-23(24,25)26/h2-6,14-15,18H,7-13,16-17H2,1H3/t18-/m0/s1. The Balaban J connectivity index is 1.31. The summed E-state index contributed by atoms with van der Waals surface area (Å²) in [6.45, 7) is 5.24. The minimum Gasteiger partial charge on any atom is -0.378 e. The molecule has 1 aliphatic rings. The molecule has 0 aliphatic carbocycles. The van der Waals surface area contributed by atoms with Crippen LogP contribution >= 0.6 is 0 Å². The number of carbonyl (C=O) groups excluding carboxylic acids is 1. The van der Waals surface area contributed by atoms with Crippen LogP contribution in [0.25, 0.3) is 0 Å². The Morgan fingerprint density at radius 3 is 2.36 bits per heavy atom. The molecule has 2 aromatic rings. The van der Waals surface area contributed by atoms with Gasteiger partial charge in [-0.15, -0.1) is 0 Å². The maximum atomic E-state index is 12.4. The van der Waals surface area contributed by atoms with E-state index in [1.165, 1.54) is 12.4 Å². The Kier molecular flexibility index (Phi) is 9.02. The van der Waals surface area contributed by atoms with Gasteiger partial charge in [0.2, 0.25) is 11.9 Å². The van der Waals surface area contributed by atoms with Gasteiger partial charge in [0.05, 0.1) is 38.8 Å². The maximum absolute atomic E-state index is 12.4. The summed E-state index contributed by atoms with van der Waals surface area (Å²) >= 11 is 0. The fraction of sp³-hybridized carbons (Fsp3) is 0.522. The summed E-state index contributed by atoms with van der Waals surface area (Å²) in [6, 6.07) is 9.89.